The van der Waals surface area contributed by atoms with Gasteiger partial charge in [-0.05, 0) is 67.9 Å². The average molecular weight is 394 g/mol. The number of primary amides is 1. The molecule has 0 aliphatic heterocycles. The molecule has 1 saturated carbocycles. The van der Waals surface area contributed by atoms with Crippen molar-refractivity contribution in [2.24, 2.45) is 23.5 Å². The van der Waals surface area contributed by atoms with Gasteiger partial charge >= 0.3 is 0 Å². The summed E-state index contributed by atoms with van der Waals surface area (Å²) >= 11 is 0. The van der Waals surface area contributed by atoms with Crippen molar-refractivity contribution in [1.82, 2.24) is 15.0 Å². The van der Waals surface area contributed by atoms with E-state index in [4.69, 9.17) is 10.7 Å². The van der Waals surface area contributed by atoms with E-state index >= 15 is 0 Å². The number of rotatable bonds is 5. The third-order valence-corrected chi connectivity index (χ3v) is 6.84. The normalized spacial score (nSPS) is 26.6. The molecule has 3 N–H and O–H groups in total. The number of carbonyl (C=O) groups excluding carboxylic acids is 1. The van der Waals surface area contributed by atoms with Gasteiger partial charge in [0.15, 0.2) is 0 Å². The van der Waals surface area contributed by atoms with Crippen molar-refractivity contribution in [2.75, 3.05) is 5.32 Å². The van der Waals surface area contributed by atoms with Gasteiger partial charge in [-0.2, -0.15) is 0 Å². The van der Waals surface area contributed by atoms with Crippen LogP contribution in [0.1, 0.15) is 66.8 Å². The molecule has 4 rings (SSSR count). The number of pyridine rings is 1. The van der Waals surface area contributed by atoms with Crippen LogP contribution < -0.4 is 11.1 Å². The third-order valence-electron chi connectivity index (χ3n) is 6.84. The van der Waals surface area contributed by atoms with Gasteiger partial charge in [-0.25, -0.2) is 9.97 Å². The number of fused-ring (bicyclic) bond motifs is 1. The van der Waals surface area contributed by atoms with Gasteiger partial charge in [0.05, 0.1) is 11.3 Å². The van der Waals surface area contributed by atoms with Crippen LogP contribution in [-0.2, 0) is 19.3 Å². The Kier molecular flexibility index (Phi) is 5.79. The largest absolute Gasteiger partial charge is 0.365 e. The second-order valence-electron chi connectivity index (χ2n) is 8.95. The summed E-state index contributed by atoms with van der Waals surface area (Å²) in [5.41, 5.74) is 9.34. The molecule has 2 aromatic rings. The van der Waals surface area contributed by atoms with Gasteiger partial charge in [0.25, 0.3) is 5.91 Å². The smallest absolute Gasteiger partial charge is 0.252 e. The number of carbonyl (C=O) groups is 1. The van der Waals surface area contributed by atoms with Crippen LogP contribution in [0.4, 0.5) is 5.95 Å². The molecular weight excluding hydrogens is 362 g/mol. The van der Waals surface area contributed by atoms with Crippen LogP contribution in [0.5, 0.6) is 0 Å². The lowest BCUT2D eigenvalue weighted by Gasteiger charge is -2.32. The zero-order chi connectivity index (χ0) is 20.4. The maximum atomic E-state index is 11.9. The van der Waals surface area contributed by atoms with E-state index in [0.717, 1.165) is 37.3 Å². The number of aryl methyl sites for hydroxylation is 1. The Morgan fingerprint density at radius 2 is 2.07 bits per heavy atom. The predicted molar refractivity (Wildman–Crippen MR) is 114 cm³/mol. The second-order valence-corrected chi connectivity index (χ2v) is 8.95. The molecule has 2 aliphatic rings. The Morgan fingerprint density at radius 1 is 1.21 bits per heavy atom. The van der Waals surface area contributed by atoms with Gasteiger partial charge < -0.3 is 11.1 Å². The standard InChI is InChI=1S/C23H31N5O/c1-14-5-6-16(10-15(14)2)11-21-19(22(24)29)13-26-23(28-21)27-18-7-8-20-17(12-18)4-3-9-25-20/h3-4,9,13-16,18H,5-8,10-12H2,1-2H3,(H2,24,29)(H,26,27,28)/t14-,15-,16-,18+/m1/s1. The Hall–Kier alpha value is -2.50. The third kappa shape index (κ3) is 4.57. The van der Waals surface area contributed by atoms with Gasteiger partial charge in [0.2, 0.25) is 5.95 Å². The first-order chi connectivity index (χ1) is 14.0. The predicted octanol–water partition coefficient (Wildman–Crippen LogP) is 3.55. The molecule has 2 heterocycles. The lowest BCUT2D eigenvalue weighted by molar-refractivity contribution is 0.0998. The number of aromatic nitrogens is 3. The summed E-state index contributed by atoms with van der Waals surface area (Å²) in [6.07, 6.45) is 10.7. The molecule has 2 aliphatic carbocycles. The highest BCUT2D eigenvalue weighted by atomic mass is 16.1. The van der Waals surface area contributed by atoms with E-state index < -0.39 is 5.91 Å². The Labute approximate surface area is 172 Å². The van der Waals surface area contributed by atoms with Crippen LogP contribution in [0, 0.1) is 17.8 Å². The molecule has 0 radical (unpaired) electrons. The van der Waals surface area contributed by atoms with Crippen LogP contribution in [0.2, 0.25) is 0 Å². The Bertz CT molecular complexity index is 883. The van der Waals surface area contributed by atoms with Crippen molar-refractivity contribution in [2.45, 2.75) is 64.8 Å². The van der Waals surface area contributed by atoms with Crippen LogP contribution in [0.3, 0.4) is 0 Å². The number of amides is 1. The van der Waals surface area contributed by atoms with E-state index in [-0.39, 0.29) is 6.04 Å². The summed E-state index contributed by atoms with van der Waals surface area (Å²) in [5.74, 6) is 2.19. The molecule has 1 fully saturated rings. The number of nitrogens with one attached hydrogen (secondary N) is 1. The van der Waals surface area contributed by atoms with Gasteiger partial charge in [0.1, 0.15) is 0 Å². The number of hydrogen-bond donors (Lipinski definition) is 2. The minimum Gasteiger partial charge on any atom is -0.365 e. The highest BCUT2D eigenvalue weighted by molar-refractivity contribution is 5.93. The minimum absolute atomic E-state index is 0.273. The summed E-state index contributed by atoms with van der Waals surface area (Å²) < 4.78 is 0. The van der Waals surface area contributed by atoms with Crippen molar-refractivity contribution >= 4 is 11.9 Å². The first kappa shape index (κ1) is 19.8. The molecule has 29 heavy (non-hydrogen) atoms. The van der Waals surface area contributed by atoms with Crippen molar-refractivity contribution in [1.29, 1.82) is 0 Å². The molecule has 154 valence electrons. The van der Waals surface area contributed by atoms with Crippen molar-refractivity contribution in [3.05, 3.63) is 47.0 Å². The maximum absolute atomic E-state index is 11.9. The van der Waals surface area contributed by atoms with Gasteiger partial charge in [-0.15, -0.1) is 0 Å². The zero-order valence-electron chi connectivity index (χ0n) is 17.4. The molecule has 1 amide bonds. The summed E-state index contributed by atoms with van der Waals surface area (Å²) in [6.45, 7) is 4.66. The zero-order valence-corrected chi connectivity index (χ0v) is 17.4. The van der Waals surface area contributed by atoms with E-state index in [9.17, 15) is 4.79 Å². The first-order valence-corrected chi connectivity index (χ1v) is 10.8. The quantitative estimate of drug-likeness (QED) is 0.810. The molecule has 6 nitrogen and oxygen atoms in total. The van der Waals surface area contributed by atoms with E-state index in [1.54, 1.807) is 6.20 Å². The average Bonchev–Trinajstić information content (AvgIpc) is 2.71. The summed E-state index contributed by atoms with van der Waals surface area (Å²) in [7, 11) is 0. The lowest BCUT2D eigenvalue weighted by atomic mass is 9.74. The highest BCUT2D eigenvalue weighted by Crippen LogP contribution is 2.35. The number of nitrogens with two attached hydrogens (primary N) is 1. The monoisotopic (exact) mass is 393 g/mol. The maximum Gasteiger partial charge on any atom is 0.252 e. The van der Waals surface area contributed by atoms with E-state index in [2.05, 4.69) is 35.2 Å². The molecular formula is C23H31N5O. The highest BCUT2D eigenvalue weighted by Gasteiger charge is 2.27. The summed E-state index contributed by atoms with van der Waals surface area (Å²) in [4.78, 5) is 25.5. The topological polar surface area (TPSA) is 93.8 Å². The van der Waals surface area contributed by atoms with Gasteiger partial charge in [0, 0.05) is 24.1 Å². The van der Waals surface area contributed by atoms with Crippen molar-refractivity contribution in [3.8, 4) is 0 Å². The van der Waals surface area contributed by atoms with Crippen LogP contribution >= 0.6 is 0 Å². The van der Waals surface area contributed by atoms with Crippen LogP contribution in [0.25, 0.3) is 0 Å². The van der Waals surface area contributed by atoms with Gasteiger partial charge in [-0.1, -0.05) is 26.3 Å². The van der Waals surface area contributed by atoms with E-state index in [1.165, 1.54) is 30.5 Å². The molecule has 0 spiro atoms. The van der Waals surface area contributed by atoms with Gasteiger partial charge in [-0.3, -0.25) is 9.78 Å². The Morgan fingerprint density at radius 3 is 2.86 bits per heavy atom. The SMILES string of the molecule is C[C@@H]1CC[C@@H](Cc2nc(N[C@H]3CCc4ncccc4C3)ncc2C(N)=O)C[C@H]1C. The number of nitrogens with zero attached hydrogens (tertiary/aromatic N) is 3. The fourth-order valence-corrected chi connectivity index (χ4v) is 4.83. The number of anilines is 1. The fourth-order valence-electron chi connectivity index (χ4n) is 4.83. The second kappa shape index (κ2) is 8.47. The Balaban J connectivity index is 1.49. The number of hydrogen-bond acceptors (Lipinski definition) is 5. The molecule has 4 atom stereocenters. The summed E-state index contributed by atoms with van der Waals surface area (Å²) in [5, 5.41) is 3.48. The minimum atomic E-state index is -0.443. The molecule has 0 bridgehead atoms. The first-order valence-electron chi connectivity index (χ1n) is 10.8. The van der Waals surface area contributed by atoms with Crippen molar-refractivity contribution < 1.29 is 4.79 Å². The van der Waals surface area contributed by atoms with Crippen molar-refractivity contribution in [3.63, 3.8) is 0 Å². The van der Waals surface area contributed by atoms with E-state index in [0.29, 0.717) is 23.3 Å². The lowest BCUT2D eigenvalue weighted by Crippen LogP contribution is -2.29. The molecule has 6 heteroatoms. The van der Waals surface area contributed by atoms with Crippen LogP contribution in [-0.4, -0.2) is 26.9 Å². The molecule has 2 aromatic heterocycles. The fraction of sp³-hybridized carbons (Fsp3) is 0.565. The summed E-state index contributed by atoms with van der Waals surface area (Å²) in [6, 6.07) is 4.41. The van der Waals surface area contributed by atoms with E-state index in [1.807, 2.05) is 12.3 Å². The van der Waals surface area contributed by atoms with Crippen LogP contribution in [0.15, 0.2) is 24.5 Å². The molecule has 0 saturated heterocycles. The molecule has 0 unspecified atom stereocenters. The molecule has 0 aromatic carbocycles.